The van der Waals surface area contributed by atoms with Crippen LogP contribution >= 0.6 is 0 Å². The molecule has 154 valence electrons. The maximum atomic E-state index is 12.5. The Labute approximate surface area is 168 Å². The standard InChI is InChI=1S/C22H33N3O3/c1-16(2)7-10-25-11-8-22(9-12-25)15-21(4,27)19(14-28-22)24-20(26)18-6-5-17(3)23-13-18/h5-7,13,19,27H,8-12,14-15H2,1-4H3,(H,24,26)/t19-,21-/m0/s1. The number of aliphatic hydroxyl groups is 1. The number of aryl methyl sites for hydroxylation is 1. The second-order valence-electron chi connectivity index (χ2n) is 8.82. The zero-order valence-corrected chi connectivity index (χ0v) is 17.5. The van der Waals surface area contributed by atoms with Gasteiger partial charge in [-0.3, -0.25) is 14.7 Å². The van der Waals surface area contributed by atoms with Crippen LogP contribution in [0, 0.1) is 6.92 Å². The minimum Gasteiger partial charge on any atom is -0.388 e. The average molecular weight is 388 g/mol. The number of aromatic nitrogens is 1. The normalized spacial score (nSPS) is 27.4. The molecule has 3 rings (SSSR count). The molecule has 6 nitrogen and oxygen atoms in total. The lowest BCUT2D eigenvalue weighted by Crippen LogP contribution is -2.63. The van der Waals surface area contributed by atoms with Crippen molar-refractivity contribution in [3.05, 3.63) is 41.2 Å². The Bertz CT molecular complexity index is 715. The van der Waals surface area contributed by atoms with Crippen LogP contribution in [-0.2, 0) is 4.74 Å². The molecule has 0 aliphatic carbocycles. The maximum absolute atomic E-state index is 12.5. The van der Waals surface area contributed by atoms with Crippen molar-refractivity contribution < 1.29 is 14.6 Å². The molecule has 0 unspecified atom stereocenters. The third kappa shape index (κ3) is 4.99. The first-order chi connectivity index (χ1) is 13.2. The molecule has 1 amide bonds. The molecule has 2 aliphatic heterocycles. The summed E-state index contributed by atoms with van der Waals surface area (Å²) in [4.78, 5) is 19.1. The number of likely N-dealkylation sites (tertiary alicyclic amines) is 1. The number of carbonyl (C=O) groups excluding carboxylic acids is 1. The van der Waals surface area contributed by atoms with Crippen molar-refractivity contribution in [2.45, 2.75) is 64.2 Å². The number of hydrogen-bond acceptors (Lipinski definition) is 5. The van der Waals surface area contributed by atoms with Crippen molar-refractivity contribution in [1.29, 1.82) is 0 Å². The molecule has 0 bridgehead atoms. The molecule has 3 heterocycles. The van der Waals surface area contributed by atoms with E-state index in [9.17, 15) is 9.90 Å². The molecule has 2 aliphatic rings. The molecular weight excluding hydrogens is 354 g/mol. The van der Waals surface area contributed by atoms with Crippen LogP contribution in [-0.4, -0.2) is 64.4 Å². The Kier molecular flexibility index (Phi) is 6.22. The molecule has 0 saturated carbocycles. The highest BCUT2D eigenvalue weighted by atomic mass is 16.5. The number of nitrogens with zero attached hydrogens (tertiary/aromatic N) is 2. The smallest absolute Gasteiger partial charge is 0.253 e. The van der Waals surface area contributed by atoms with E-state index in [1.54, 1.807) is 12.3 Å². The monoisotopic (exact) mass is 387 g/mol. The summed E-state index contributed by atoms with van der Waals surface area (Å²) in [5.41, 5.74) is 1.39. The van der Waals surface area contributed by atoms with Crippen molar-refractivity contribution >= 4 is 5.91 Å². The summed E-state index contributed by atoms with van der Waals surface area (Å²) in [6.45, 7) is 11.2. The molecule has 2 saturated heterocycles. The molecule has 2 fully saturated rings. The Balaban J connectivity index is 1.58. The summed E-state index contributed by atoms with van der Waals surface area (Å²) in [6, 6.07) is 3.12. The number of amides is 1. The molecule has 2 N–H and O–H groups in total. The molecule has 1 spiro atoms. The van der Waals surface area contributed by atoms with E-state index in [0.717, 1.165) is 38.2 Å². The summed E-state index contributed by atoms with van der Waals surface area (Å²) in [5.74, 6) is -0.228. The van der Waals surface area contributed by atoms with Gasteiger partial charge in [0.15, 0.2) is 0 Å². The maximum Gasteiger partial charge on any atom is 0.253 e. The van der Waals surface area contributed by atoms with Gasteiger partial charge < -0.3 is 15.2 Å². The van der Waals surface area contributed by atoms with E-state index in [1.807, 2.05) is 19.9 Å². The minimum absolute atomic E-state index is 0.228. The quantitative estimate of drug-likeness (QED) is 0.777. The van der Waals surface area contributed by atoms with E-state index in [1.165, 1.54) is 5.57 Å². The predicted molar refractivity (Wildman–Crippen MR) is 109 cm³/mol. The summed E-state index contributed by atoms with van der Waals surface area (Å²) >= 11 is 0. The van der Waals surface area contributed by atoms with Crippen LogP contribution in [0.4, 0.5) is 0 Å². The van der Waals surface area contributed by atoms with Gasteiger partial charge in [-0.15, -0.1) is 0 Å². The highest BCUT2D eigenvalue weighted by Gasteiger charge is 2.49. The fourth-order valence-corrected chi connectivity index (χ4v) is 4.08. The summed E-state index contributed by atoms with van der Waals surface area (Å²) in [5, 5.41) is 14.0. The molecule has 0 aromatic carbocycles. The van der Waals surface area contributed by atoms with E-state index < -0.39 is 11.6 Å². The lowest BCUT2D eigenvalue weighted by Gasteiger charge is -2.51. The molecule has 28 heavy (non-hydrogen) atoms. The van der Waals surface area contributed by atoms with Gasteiger partial charge in [-0.05, 0) is 52.7 Å². The molecule has 6 heteroatoms. The zero-order chi connectivity index (χ0) is 20.4. The number of allylic oxidation sites excluding steroid dienone is 1. The molecule has 0 radical (unpaired) electrons. The second-order valence-corrected chi connectivity index (χ2v) is 8.82. The van der Waals surface area contributed by atoms with Gasteiger partial charge in [0.25, 0.3) is 5.91 Å². The largest absolute Gasteiger partial charge is 0.388 e. The van der Waals surface area contributed by atoms with Crippen LogP contribution in [0.2, 0.25) is 0 Å². The lowest BCUT2D eigenvalue weighted by molar-refractivity contribution is -0.185. The SMILES string of the molecule is CC(C)=CCN1CCC2(CC1)C[C@](C)(O)[C@@H](NC(=O)c1ccc(C)nc1)CO2. The Morgan fingerprint density at radius 3 is 2.68 bits per heavy atom. The van der Waals surface area contributed by atoms with Crippen LogP contribution in [0.15, 0.2) is 30.0 Å². The van der Waals surface area contributed by atoms with E-state index in [2.05, 4.69) is 35.1 Å². The average Bonchev–Trinajstić information content (AvgIpc) is 2.64. The van der Waals surface area contributed by atoms with Gasteiger partial charge in [0.2, 0.25) is 0 Å². The number of rotatable bonds is 4. The Morgan fingerprint density at radius 2 is 2.11 bits per heavy atom. The van der Waals surface area contributed by atoms with E-state index in [0.29, 0.717) is 18.6 Å². The fraction of sp³-hybridized carbons (Fsp3) is 0.636. The molecule has 2 atom stereocenters. The highest BCUT2D eigenvalue weighted by Crippen LogP contribution is 2.39. The number of carbonyl (C=O) groups is 1. The first kappa shape index (κ1) is 21.0. The van der Waals surface area contributed by atoms with Gasteiger partial charge in [0.1, 0.15) is 0 Å². The first-order valence-electron chi connectivity index (χ1n) is 10.1. The lowest BCUT2D eigenvalue weighted by atomic mass is 9.75. The summed E-state index contributed by atoms with van der Waals surface area (Å²) in [6.07, 6.45) is 6.16. The van der Waals surface area contributed by atoms with Crippen LogP contribution in [0.3, 0.4) is 0 Å². The Hall–Kier alpha value is -1.76. The predicted octanol–water partition coefficient (Wildman–Crippen LogP) is 2.46. The van der Waals surface area contributed by atoms with Gasteiger partial charge in [-0.2, -0.15) is 0 Å². The van der Waals surface area contributed by atoms with Gasteiger partial charge in [0, 0.05) is 37.9 Å². The summed E-state index contributed by atoms with van der Waals surface area (Å²) in [7, 11) is 0. The van der Waals surface area contributed by atoms with Gasteiger partial charge in [0.05, 0.1) is 29.4 Å². The van der Waals surface area contributed by atoms with Gasteiger partial charge in [-0.1, -0.05) is 11.6 Å². The third-order valence-electron chi connectivity index (χ3n) is 5.99. The zero-order valence-electron chi connectivity index (χ0n) is 17.5. The Morgan fingerprint density at radius 1 is 1.39 bits per heavy atom. The number of ether oxygens (including phenoxy) is 1. The van der Waals surface area contributed by atoms with Crippen molar-refractivity contribution in [2.24, 2.45) is 0 Å². The van der Waals surface area contributed by atoms with Crippen molar-refractivity contribution in [1.82, 2.24) is 15.2 Å². The minimum atomic E-state index is -1.01. The van der Waals surface area contributed by atoms with Gasteiger partial charge >= 0.3 is 0 Å². The number of nitrogens with one attached hydrogen (secondary N) is 1. The van der Waals surface area contributed by atoms with Crippen LogP contribution in [0.25, 0.3) is 0 Å². The highest BCUT2D eigenvalue weighted by molar-refractivity contribution is 5.94. The third-order valence-corrected chi connectivity index (χ3v) is 5.99. The first-order valence-corrected chi connectivity index (χ1v) is 10.1. The second kappa shape index (κ2) is 8.31. The fourth-order valence-electron chi connectivity index (χ4n) is 4.08. The summed E-state index contributed by atoms with van der Waals surface area (Å²) < 4.78 is 6.25. The molecule has 1 aromatic rings. The van der Waals surface area contributed by atoms with Crippen molar-refractivity contribution in [3.8, 4) is 0 Å². The van der Waals surface area contributed by atoms with E-state index in [-0.39, 0.29) is 11.5 Å². The molecule has 1 aromatic heterocycles. The van der Waals surface area contributed by atoms with Gasteiger partial charge in [-0.25, -0.2) is 0 Å². The van der Waals surface area contributed by atoms with Crippen molar-refractivity contribution in [3.63, 3.8) is 0 Å². The number of pyridine rings is 1. The number of piperidine rings is 1. The van der Waals surface area contributed by atoms with Crippen LogP contribution in [0.5, 0.6) is 0 Å². The van der Waals surface area contributed by atoms with Crippen LogP contribution in [0.1, 0.15) is 56.1 Å². The van der Waals surface area contributed by atoms with Crippen LogP contribution < -0.4 is 5.32 Å². The molecular formula is C22H33N3O3. The van der Waals surface area contributed by atoms with E-state index in [4.69, 9.17) is 4.74 Å². The number of hydrogen-bond donors (Lipinski definition) is 2. The van der Waals surface area contributed by atoms with Crippen molar-refractivity contribution in [2.75, 3.05) is 26.2 Å². The van der Waals surface area contributed by atoms with E-state index >= 15 is 0 Å². The topological polar surface area (TPSA) is 74.7 Å².